The van der Waals surface area contributed by atoms with Crippen LogP contribution in [-0.4, -0.2) is 28.6 Å². The summed E-state index contributed by atoms with van der Waals surface area (Å²) >= 11 is 0. The second kappa shape index (κ2) is 5.73. The molecule has 0 unspecified atom stereocenters. The van der Waals surface area contributed by atoms with Crippen molar-refractivity contribution in [2.24, 2.45) is 0 Å². The minimum absolute atomic E-state index is 0.0266. The lowest BCUT2D eigenvalue weighted by molar-refractivity contribution is 0.311. The van der Waals surface area contributed by atoms with Crippen LogP contribution in [0.15, 0.2) is 41.3 Å². The largest absolute Gasteiger partial charge is 0.490 e. The predicted molar refractivity (Wildman–Crippen MR) is 87.2 cm³/mol. The molecule has 0 aliphatic carbocycles. The van der Waals surface area contributed by atoms with Crippen LogP contribution in [0, 0.1) is 12.7 Å². The summed E-state index contributed by atoms with van der Waals surface area (Å²) in [6, 6.07) is 8.81. The standard InChI is InChI=1S/C16H17FN2O3S/c1-11-9-13(4-5-14(11)17)23(20,21)18-12-3-6-16-15(10-12)19(2)7-8-22-16/h3-6,9-10,18H,7-8H2,1-2H3. The van der Waals surface area contributed by atoms with Gasteiger partial charge in [-0.3, -0.25) is 4.72 Å². The number of hydrogen-bond acceptors (Lipinski definition) is 4. The molecule has 0 bridgehead atoms. The second-order valence-corrected chi connectivity index (χ2v) is 7.15. The molecular weight excluding hydrogens is 319 g/mol. The summed E-state index contributed by atoms with van der Waals surface area (Å²) < 4.78 is 46.2. The SMILES string of the molecule is Cc1cc(S(=O)(=O)Nc2ccc3c(c2)N(C)CCO3)ccc1F. The maximum absolute atomic E-state index is 13.3. The molecule has 7 heteroatoms. The Morgan fingerprint density at radius 3 is 2.74 bits per heavy atom. The third-order valence-electron chi connectivity index (χ3n) is 3.75. The van der Waals surface area contributed by atoms with Gasteiger partial charge < -0.3 is 9.64 Å². The molecule has 0 atom stereocenters. The maximum Gasteiger partial charge on any atom is 0.261 e. The van der Waals surface area contributed by atoms with Crippen LogP contribution in [0.5, 0.6) is 5.75 Å². The first kappa shape index (κ1) is 15.6. The summed E-state index contributed by atoms with van der Waals surface area (Å²) in [7, 11) is -1.85. The zero-order valence-corrected chi connectivity index (χ0v) is 13.7. The van der Waals surface area contributed by atoms with Gasteiger partial charge in [-0.2, -0.15) is 0 Å². The van der Waals surface area contributed by atoms with Crippen molar-refractivity contribution in [3.63, 3.8) is 0 Å². The molecule has 0 radical (unpaired) electrons. The van der Waals surface area contributed by atoms with Gasteiger partial charge >= 0.3 is 0 Å². The molecule has 23 heavy (non-hydrogen) atoms. The van der Waals surface area contributed by atoms with Gasteiger partial charge in [0.25, 0.3) is 10.0 Å². The Balaban J connectivity index is 1.91. The summed E-state index contributed by atoms with van der Waals surface area (Å²) in [4.78, 5) is 2.03. The number of nitrogens with one attached hydrogen (secondary N) is 1. The van der Waals surface area contributed by atoms with Crippen LogP contribution in [-0.2, 0) is 10.0 Å². The van der Waals surface area contributed by atoms with Gasteiger partial charge in [0, 0.05) is 7.05 Å². The van der Waals surface area contributed by atoms with Gasteiger partial charge in [0.15, 0.2) is 0 Å². The summed E-state index contributed by atoms with van der Waals surface area (Å²) in [5.41, 5.74) is 1.54. The summed E-state index contributed by atoms with van der Waals surface area (Å²) in [5.74, 6) is 0.288. The minimum atomic E-state index is -3.77. The van der Waals surface area contributed by atoms with Gasteiger partial charge in [-0.15, -0.1) is 0 Å². The highest BCUT2D eigenvalue weighted by atomic mass is 32.2. The number of aryl methyl sites for hydroxylation is 1. The summed E-state index contributed by atoms with van der Waals surface area (Å²) in [6.45, 7) is 2.86. The minimum Gasteiger partial charge on any atom is -0.490 e. The Kier molecular flexibility index (Phi) is 3.89. The van der Waals surface area contributed by atoms with E-state index in [1.165, 1.54) is 19.1 Å². The number of anilines is 2. The summed E-state index contributed by atoms with van der Waals surface area (Å²) in [6.07, 6.45) is 0. The number of ether oxygens (including phenoxy) is 1. The van der Waals surface area contributed by atoms with Crippen molar-refractivity contribution in [3.8, 4) is 5.75 Å². The van der Waals surface area contributed by atoms with Gasteiger partial charge in [-0.05, 0) is 48.9 Å². The Morgan fingerprint density at radius 2 is 2.00 bits per heavy atom. The van der Waals surface area contributed by atoms with Crippen molar-refractivity contribution in [2.75, 3.05) is 29.8 Å². The average molecular weight is 336 g/mol. The van der Waals surface area contributed by atoms with E-state index in [0.29, 0.717) is 12.3 Å². The lowest BCUT2D eigenvalue weighted by Gasteiger charge is -2.28. The second-order valence-electron chi connectivity index (χ2n) is 5.47. The first-order valence-corrected chi connectivity index (χ1v) is 8.62. The first-order valence-electron chi connectivity index (χ1n) is 7.14. The molecular formula is C16H17FN2O3S. The van der Waals surface area contributed by atoms with Crippen molar-refractivity contribution in [3.05, 3.63) is 47.8 Å². The van der Waals surface area contributed by atoms with Crippen molar-refractivity contribution in [1.82, 2.24) is 0 Å². The number of halogens is 1. The van der Waals surface area contributed by atoms with Crippen molar-refractivity contribution >= 4 is 21.4 Å². The molecule has 0 fully saturated rings. The predicted octanol–water partition coefficient (Wildman–Crippen LogP) is 2.76. The van der Waals surface area contributed by atoms with E-state index in [-0.39, 0.29) is 10.5 Å². The van der Waals surface area contributed by atoms with Crippen LogP contribution >= 0.6 is 0 Å². The molecule has 0 saturated heterocycles. The lowest BCUT2D eigenvalue weighted by atomic mass is 10.2. The first-order chi connectivity index (χ1) is 10.9. The van der Waals surface area contributed by atoms with Gasteiger partial charge in [-0.1, -0.05) is 0 Å². The fraction of sp³-hybridized carbons (Fsp3) is 0.250. The average Bonchev–Trinajstić information content (AvgIpc) is 2.50. The molecule has 1 N–H and O–H groups in total. The molecule has 0 spiro atoms. The quantitative estimate of drug-likeness (QED) is 0.936. The zero-order valence-electron chi connectivity index (χ0n) is 12.8. The molecule has 1 heterocycles. The van der Waals surface area contributed by atoms with Crippen molar-refractivity contribution < 1.29 is 17.5 Å². The van der Waals surface area contributed by atoms with E-state index in [2.05, 4.69) is 4.72 Å². The van der Waals surface area contributed by atoms with E-state index in [1.807, 2.05) is 11.9 Å². The molecule has 0 saturated carbocycles. The van der Waals surface area contributed by atoms with E-state index >= 15 is 0 Å². The molecule has 0 aromatic heterocycles. The fourth-order valence-electron chi connectivity index (χ4n) is 2.41. The van der Waals surface area contributed by atoms with Gasteiger partial charge in [-0.25, -0.2) is 12.8 Å². The van der Waals surface area contributed by atoms with Gasteiger partial charge in [0.1, 0.15) is 18.2 Å². The molecule has 122 valence electrons. The molecule has 2 aromatic rings. The highest BCUT2D eigenvalue weighted by Crippen LogP contribution is 2.33. The highest BCUT2D eigenvalue weighted by molar-refractivity contribution is 7.92. The number of rotatable bonds is 3. The number of likely N-dealkylation sites (N-methyl/N-ethyl adjacent to an activating group) is 1. The van der Waals surface area contributed by atoms with Crippen molar-refractivity contribution in [1.29, 1.82) is 0 Å². The summed E-state index contributed by atoms with van der Waals surface area (Å²) in [5, 5.41) is 0. The van der Waals surface area contributed by atoms with Crippen LogP contribution in [0.2, 0.25) is 0 Å². The van der Waals surface area contributed by atoms with E-state index in [1.54, 1.807) is 18.2 Å². The Hall–Kier alpha value is -2.28. The third kappa shape index (κ3) is 3.10. The Morgan fingerprint density at radius 1 is 1.22 bits per heavy atom. The van der Waals surface area contributed by atoms with Crippen LogP contribution in [0.4, 0.5) is 15.8 Å². The zero-order chi connectivity index (χ0) is 16.6. The fourth-order valence-corrected chi connectivity index (χ4v) is 3.55. The molecule has 5 nitrogen and oxygen atoms in total. The van der Waals surface area contributed by atoms with Gasteiger partial charge in [0.2, 0.25) is 0 Å². The lowest BCUT2D eigenvalue weighted by Crippen LogP contribution is -2.28. The molecule has 1 aliphatic rings. The number of benzene rings is 2. The normalized spacial score (nSPS) is 14.1. The monoisotopic (exact) mass is 336 g/mol. The van der Waals surface area contributed by atoms with Crippen LogP contribution < -0.4 is 14.4 Å². The topological polar surface area (TPSA) is 58.6 Å². The van der Waals surface area contributed by atoms with Crippen molar-refractivity contribution in [2.45, 2.75) is 11.8 Å². The Labute approximate surface area is 134 Å². The molecule has 1 aliphatic heterocycles. The number of nitrogens with zero attached hydrogens (tertiary/aromatic N) is 1. The molecule has 3 rings (SSSR count). The third-order valence-corrected chi connectivity index (χ3v) is 5.13. The smallest absolute Gasteiger partial charge is 0.261 e. The van der Waals surface area contributed by atoms with Crippen LogP contribution in [0.25, 0.3) is 0 Å². The highest BCUT2D eigenvalue weighted by Gasteiger charge is 2.19. The van der Waals surface area contributed by atoms with Gasteiger partial charge in [0.05, 0.1) is 22.8 Å². The van der Waals surface area contributed by atoms with Crippen LogP contribution in [0.3, 0.4) is 0 Å². The molecule has 0 amide bonds. The number of fused-ring (bicyclic) bond motifs is 1. The molecule has 2 aromatic carbocycles. The van der Waals surface area contributed by atoms with E-state index in [9.17, 15) is 12.8 Å². The van der Waals surface area contributed by atoms with E-state index in [4.69, 9.17) is 4.74 Å². The number of sulfonamides is 1. The Bertz CT molecular complexity index is 852. The van der Waals surface area contributed by atoms with Crippen LogP contribution in [0.1, 0.15) is 5.56 Å². The number of hydrogen-bond donors (Lipinski definition) is 1. The maximum atomic E-state index is 13.3. The van der Waals surface area contributed by atoms with E-state index in [0.717, 1.165) is 24.0 Å². The van der Waals surface area contributed by atoms with E-state index < -0.39 is 15.8 Å².